The molecule has 1 aromatic rings. The van der Waals surface area contributed by atoms with Crippen molar-refractivity contribution in [2.24, 2.45) is 5.73 Å². The predicted octanol–water partition coefficient (Wildman–Crippen LogP) is 3.41. The van der Waals surface area contributed by atoms with E-state index in [1.165, 1.54) is 12.5 Å². The van der Waals surface area contributed by atoms with Gasteiger partial charge in [-0.2, -0.15) is 0 Å². The zero-order valence-electron chi connectivity index (χ0n) is 8.97. The second-order valence-electron chi connectivity index (χ2n) is 4.48. The Morgan fingerprint density at radius 2 is 1.88 bits per heavy atom. The SMILES string of the molecule is NC1(c2ccc(O)c(Br)c2F)CCCCC1. The maximum atomic E-state index is 14.0. The van der Waals surface area contributed by atoms with Crippen LogP contribution in [0.3, 0.4) is 0 Å². The monoisotopic (exact) mass is 287 g/mol. The van der Waals surface area contributed by atoms with Gasteiger partial charge in [0, 0.05) is 11.1 Å². The smallest absolute Gasteiger partial charge is 0.146 e. The molecule has 16 heavy (non-hydrogen) atoms. The van der Waals surface area contributed by atoms with E-state index in [1.54, 1.807) is 6.07 Å². The van der Waals surface area contributed by atoms with Gasteiger partial charge in [0.1, 0.15) is 11.6 Å². The summed E-state index contributed by atoms with van der Waals surface area (Å²) in [5.74, 6) is -0.509. The van der Waals surface area contributed by atoms with Crippen molar-refractivity contribution in [3.63, 3.8) is 0 Å². The Morgan fingerprint density at radius 3 is 2.50 bits per heavy atom. The van der Waals surface area contributed by atoms with Gasteiger partial charge in [-0.3, -0.25) is 0 Å². The van der Waals surface area contributed by atoms with Gasteiger partial charge in [-0.15, -0.1) is 0 Å². The highest BCUT2D eigenvalue weighted by Gasteiger charge is 2.32. The molecule has 1 fully saturated rings. The first-order chi connectivity index (χ1) is 7.54. The first kappa shape index (κ1) is 11.9. The van der Waals surface area contributed by atoms with Gasteiger partial charge in [0.25, 0.3) is 0 Å². The summed E-state index contributed by atoms with van der Waals surface area (Å²) in [5.41, 5.74) is 6.20. The molecular formula is C12H15BrFNO. The standard InChI is InChI=1S/C12H15BrFNO/c13-10-9(16)5-4-8(11(10)14)12(15)6-2-1-3-7-12/h4-5,16H,1-3,6-7,15H2. The van der Waals surface area contributed by atoms with E-state index in [4.69, 9.17) is 5.73 Å². The number of benzene rings is 1. The number of rotatable bonds is 1. The van der Waals surface area contributed by atoms with Crippen LogP contribution in [0.1, 0.15) is 37.7 Å². The van der Waals surface area contributed by atoms with E-state index in [-0.39, 0.29) is 10.2 Å². The second kappa shape index (κ2) is 4.34. The first-order valence-corrected chi connectivity index (χ1v) is 6.30. The highest BCUT2D eigenvalue weighted by Crippen LogP contribution is 2.39. The Labute approximate surface area is 103 Å². The topological polar surface area (TPSA) is 46.2 Å². The molecule has 0 amide bonds. The van der Waals surface area contributed by atoms with Crippen LogP contribution in [0.25, 0.3) is 0 Å². The Morgan fingerprint density at radius 1 is 1.25 bits per heavy atom. The molecule has 0 aromatic heterocycles. The molecule has 0 aliphatic heterocycles. The van der Waals surface area contributed by atoms with Crippen LogP contribution >= 0.6 is 15.9 Å². The van der Waals surface area contributed by atoms with E-state index < -0.39 is 11.4 Å². The van der Waals surface area contributed by atoms with Crippen LogP contribution in [0, 0.1) is 5.82 Å². The van der Waals surface area contributed by atoms with Crippen LogP contribution in [-0.4, -0.2) is 5.11 Å². The van der Waals surface area contributed by atoms with Gasteiger partial charge in [0.15, 0.2) is 0 Å². The predicted molar refractivity (Wildman–Crippen MR) is 64.7 cm³/mol. The largest absolute Gasteiger partial charge is 0.507 e. The summed E-state index contributed by atoms with van der Waals surface area (Å²) < 4.78 is 14.1. The van der Waals surface area contributed by atoms with E-state index in [0.717, 1.165) is 25.7 Å². The van der Waals surface area contributed by atoms with Gasteiger partial charge in [-0.25, -0.2) is 4.39 Å². The van der Waals surface area contributed by atoms with Gasteiger partial charge in [0.05, 0.1) is 4.47 Å². The molecule has 0 unspecified atom stereocenters. The third kappa shape index (κ3) is 1.96. The van der Waals surface area contributed by atoms with E-state index in [9.17, 15) is 9.50 Å². The van der Waals surface area contributed by atoms with Crippen molar-refractivity contribution >= 4 is 15.9 Å². The van der Waals surface area contributed by atoms with Gasteiger partial charge in [-0.05, 0) is 34.8 Å². The maximum Gasteiger partial charge on any atom is 0.146 e. The van der Waals surface area contributed by atoms with Crippen molar-refractivity contribution in [3.8, 4) is 5.75 Å². The van der Waals surface area contributed by atoms with Crippen molar-refractivity contribution in [1.29, 1.82) is 0 Å². The molecule has 0 bridgehead atoms. The lowest BCUT2D eigenvalue weighted by molar-refractivity contribution is 0.292. The summed E-state index contributed by atoms with van der Waals surface area (Å²) in [7, 11) is 0. The molecule has 0 radical (unpaired) electrons. The van der Waals surface area contributed by atoms with E-state index in [0.29, 0.717) is 5.56 Å². The molecule has 1 saturated carbocycles. The molecule has 0 heterocycles. The fraction of sp³-hybridized carbons (Fsp3) is 0.500. The molecule has 88 valence electrons. The van der Waals surface area contributed by atoms with Crippen LogP contribution in [0.2, 0.25) is 0 Å². The number of aromatic hydroxyl groups is 1. The summed E-state index contributed by atoms with van der Waals surface area (Å²) in [4.78, 5) is 0. The fourth-order valence-electron chi connectivity index (χ4n) is 2.38. The van der Waals surface area contributed by atoms with Gasteiger partial charge >= 0.3 is 0 Å². The number of halogens is 2. The molecule has 1 aliphatic rings. The number of hydrogen-bond acceptors (Lipinski definition) is 2. The summed E-state index contributed by atoms with van der Waals surface area (Å²) >= 11 is 3.04. The van der Waals surface area contributed by atoms with Crippen molar-refractivity contribution in [1.82, 2.24) is 0 Å². The molecule has 0 saturated heterocycles. The highest BCUT2D eigenvalue weighted by molar-refractivity contribution is 9.10. The molecule has 1 aliphatic carbocycles. The molecule has 4 heteroatoms. The fourth-order valence-corrected chi connectivity index (χ4v) is 2.72. The Kier molecular flexibility index (Phi) is 3.22. The summed E-state index contributed by atoms with van der Waals surface area (Å²) in [6.07, 6.45) is 4.85. The van der Waals surface area contributed by atoms with Gasteiger partial charge in [0.2, 0.25) is 0 Å². The van der Waals surface area contributed by atoms with Crippen molar-refractivity contribution < 1.29 is 9.50 Å². The average molecular weight is 288 g/mol. The average Bonchev–Trinajstić information content (AvgIpc) is 2.27. The Hall–Kier alpha value is -0.610. The highest BCUT2D eigenvalue weighted by atomic mass is 79.9. The minimum atomic E-state index is -0.571. The van der Waals surface area contributed by atoms with Crippen LogP contribution in [-0.2, 0) is 5.54 Å². The summed E-state index contributed by atoms with van der Waals surface area (Å²) in [6.45, 7) is 0. The van der Waals surface area contributed by atoms with E-state index in [1.807, 2.05) is 0 Å². The lowest BCUT2D eigenvalue weighted by Crippen LogP contribution is -2.39. The van der Waals surface area contributed by atoms with Gasteiger partial charge in [-0.1, -0.05) is 25.3 Å². The quantitative estimate of drug-likeness (QED) is 0.831. The molecule has 3 N–H and O–H groups in total. The van der Waals surface area contributed by atoms with Crippen LogP contribution in [0.15, 0.2) is 16.6 Å². The zero-order valence-corrected chi connectivity index (χ0v) is 10.6. The normalized spacial score (nSPS) is 19.7. The number of nitrogens with two attached hydrogens (primary N) is 1. The lowest BCUT2D eigenvalue weighted by Gasteiger charge is -2.34. The van der Waals surface area contributed by atoms with Crippen molar-refractivity contribution in [3.05, 3.63) is 28.0 Å². The number of phenolic OH excluding ortho intramolecular Hbond substituents is 1. The van der Waals surface area contributed by atoms with Crippen molar-refractivity contribution in [2.45, 2.75) is 37.6 Å². The molecule has 2 nitrogen and oxygen atoms in total. The summed E-state index contributed by atoms with van der Waals surface area (Å²) in [6, 6.07) is 3.09. The molecule has 0 atom stereocenters. The minimum absolute atomic E-state index is 0.0827. The van der Waals surface area contributed by atoms with Crippen LogP contribution in [0.4, 0.5) is 4.39 Å². The van der Waals surface area contributed by atoms with Crippen LogP contribution < -0.4 is 5.73 Å². The molecule has 0 spiro atoms. The van der Waals surface area contributed by atoms with E-state index >= 15 is 0 Å². The molecule has 2 rings (SSSR count). The van der Waals surface area contributed by atoms with Crippen LogP contribution in [0.5, 0.6) is 5.75 Å². The minimum Gasteiger partial charge on any atom is -0.507 e. The lowest BCUT2D eigenvalue weighted by atomic mass is 9.77. The second-order valence-corrected chi connectivity index (χ2v) is 5.27. The zero-order chi connectivity index (χ0) is 11.8. The Balaban J connectivity index is 2.43. The number of hydrogen-bond donors (Lipinski definition) is 2. The Bertz CT molecular complexity index is 402. The molecule has 1 aromatic carbocycles. The number of phenols is 1. The van der Waals surface area contributed by atoms with Crippen molar-refractivity contribution in [2.75, 3.05) is 0 Å². The third-order valence-corrected chi connectivity index (χ3v) is 4.10. The first-order valence-electron chi connectivity index (χ1n) is 5.51. The molecular weight excluding hydrogens is 273 g/mol. The van der Waals surface area contributed by atoms with E-state index in [2.05, 4.69) is 15.9 Å². The summed E-state index contributed by atoms with van der Waals surface area (Å²) in [5, 5.41) is 9.38. The third-order valence-electron chi connectivity index (χ3n) is 3.34. The van der Waals surface area contributed by atoms with Gasteiger partial charge < -0.3 is 10.8 Å². The maximum absolute atomic E-state index is 14.0.